The number of esters is 1. The smallest absolute Gasteiger partial charge is 0.326 e. The Morgan fingerprint density at radius 3 is 2.68 bits per heavy atom. The minimum atomic E-state index is -1.16. The van der Waals surface area contributed by atoms with E-state index < -0.39 is 35.6 Å². The van der Waals surface area contributed by atoms with Crippen molar-refractivity contribution in [2.45, 2.75) is 31.0 Å². The van der Waals surface area contributed by atoms with Gasteiger partial charge in [-0.2, -0.15) is 0 Å². The quantitative estimate of drug-likeness (QED) is 0.588. The van der Waals surface area contributed by atoms with Gasteiger partial charge in [0.15, 0.2) is 0 Å². The van der Waals surface area contributed by atoms with Crippen LogP contribution in [0.5, 0.6) is 0 Å². The van der Waals surface area contributed by atoms with E-state index in [1.54, 1.807) is 36.1 Å². The molecule has 2 fully saturated rings. The number of carbonyl (C=O) groups excluding carboxylic acids is 3. The Hall–Kier alpha value is -2.45. The normalized spacial score (nSPS) is 29.8. The predicted molar refractivity (Wildman–Crippen MR) is 87.2 cm³/mol. The van der Waals surface area contributed by atoms with Gasteiger partial charge in [0.25, 0.3) is 5.91 Å². The average molecular weight is 347 g/mol. The molecule has 3 amide bonds. The van der Waals surface area contributed by atoms with Crippen molar-refractivity contribution in [3.05, 3.63) is 35.9 Å². The van der Waals surface area contributed by atoms with Gasteiger partial charge in [-0.05, 0) is 12.5 Å². The van der Waals surface area contributed by atoms with Gasteiger partial charge in [-0.1, -0.05) is 30.3 Å². The van der Waals surface area contributed by atoms with E-state index in [1.165, 1.54) is 7.11 Å². The van der Waals surface area contributed by atoms with E-state index in [9.17, 15) is 19.5 Å². The second kappa shape index (κ2) is 6.45. The number of methoxy groups -OCH3 is 1. The third kappa shape index (κ3) is 2.98. The molecule has 3 rings (SSSR count). The number of β-amino-alcohol motifs (C(OH)–C–C–N with tert-alkyl or cyclic N) is 1. The summed E-state index contributed by atoms with van der Waals surface area (Å²) in [6, 6.07) is 7.78. The zero-order chi connectivity index (χ0) is 18.2. The Bertz CT molecular complexity index is 695. The summed E-state index contributed by atoms with van der Waals surface area (Å²) >= 11 is 0. The number of urea groups is 1. The molecule has 2 heterocycles. The highest BCUT2D eigenvalue weighted by Crippen LogP contribution is 2.30. The van der Waals surface area contributed by atoms with Crippen molar-refractivity contribution in [1.82, 2.24) is 15.1 Å². The van der Waals surface area contributed by atoms with Crippen molar-refractivity contribution in [3.63, 3.8) is 0 Å². The average Bonchev–Trinajstić information content (AvgIpc) is 3.08. The van der Waals surface area contributed by atoms with Crippen LogP contribution in [-0.4, -0.2) is 65.3 Å². The molecule has 3 atom stereocenters. The molecule has 0 saturated carbocycles. The molecular weight excluding hydrogens is 326 g/mol. The van der Waals surface area contributed by atoms with E-state index in [1.807, 2.05) is 6.07 Å². The van der Waals surface area contributed by atoms with E-state index in [4.69, 9.17) is 4.74 Å². The summed E-state index contributed by atoms with van der Waals surface area (Å²) in [6.45, 7) is 1.77. The zero-order valence-electron chi connectivity index (χ0n) is 14.1. The highest BCUT2D eigenvalue weighted by Gasteiger charge is 2.50. The number of aliphatic hydroxyl groups excluding tert-OH is 1. The third-order valence-corrected chi connectivity index (χ3v) is 4.80. The van der Waals surface area contributed by atoms with Crippen LogP contribution < -0.4 is 5.32 Å². The molecule has 0 spiro atoms. The Balaban J connectivity index is 1.80. The van der Waals surface area contributed by atoms with Crippen LogP contribution in [0.4, 0.5) is 4.79 Å². The van der Waals surface area contributed by atoms with Gasteiger partial charge in [0.1, 0.15) is 11.6 Å². The first kappa shape index (κ1) is 17.4. The molecule has 0 unspecified atom stereocenters. The summed E-state index contributed by atoms with van der Waals surface area (Å²) in [5.41, 5.74) is -0.473. The Labute approximate surface area is 145 Å². The fraction of sp³-hybridized carbons (Fsp3) is 0.471. The highest BCUT2D eigenvalue weighted by molar-refractivity contribution is 6.07. The summed E-state index contributed by atoms with van der Waals surface area (Å²) in [4.78, 5) is 39.8. The number of ether oxygens (including phenoxy) is 1. The molecule has 8 heteroatoms. The largest absolute Gasteiger partial charge is 0.468 e. The van der Waals surface area contributed by atoms with Crippen LogP contribution >= 0.6 is 0 Å². The topological polar surface area (TPSA) is 99.2 Å². The van der Waals surface area contributed by atoms with E-state index in [2.05, 4.69) is 5.32 Å². The molecule has 2 saturated heterocycles. The molecule has 0 aromatic heterocycles. The first-order valence-corrected chi connectivity index (χ1v) is 8.06. The summed E-state index contributed by atoms with van der Waals surface area (Å²) in [6.07, 6.45) is -0.489. The second-order valence-corrected chi connectivity index (χ2v) is 6.50. The van der Waals surface area contributed by atoms with Crippen LogP contribution in [0.3, 0.4) is 0 Å². The molecule has 134 valence electrons. The summed E-state index contributed by atoms with van der Waals surface area (Å²) < 4.78 is 4.75. The fourth-order valence-electron chi connectivity index (χ4n) is 3.39. The molecule has 0 radical (unpaired) electrons. The van der Waals surface area contributed by atoms with E-state index in [0.29, 0.717) is 5.56 Å². The number of likely N-dealkylation sites (tertiary alicyclic amines) is 1. The standard InChI is InChI=1S/C17H21N3O5/c1-17(11-6-4-3-5-7-11)15(23)20(16(24)18-17)10-19-9-12(21)8-13(19)14(22)25-2/h3-7,12-13,21H,8-10H2,1-2H3,(H,18,24)/t12-,13+,17-/m1/s1. The number of amides is 3. The highest BCUT2D eigenvalue weighted by atomic mass is 16.5. The molecule has 2 N–H and O–H groups in total. The number of nitrogens with one attached hydrogen (secondary N) is 1. The molecule has 8 nitrogen and oxygen atoms in total. The van der Waals surface area contributed by atoms with Crippen LogP contribution in [-0.2, 0) is 19.9 Å². The summed E-state index contributed by atoms with van der Waals surface area (Å²) in [5.74, 6) is -0.886. The fourth-order valence-corrected chi connectivity index (χ4v) is 3.39. The number of aliphatic hydroxyl groups is 1. The van der Waals surface area contributed by atoms with Crippen molar-refractivity contribution < 1.29 is 24.2 Å². The van der Waals surface area contributed by atoms with Gasteiger partial charge >= 0.3 is 12.0 Å². The maximum atomic E-state index is 12.9. The lowest BCUT2D eigenvalue weighted by Gasteiger charge is -2.27. The molecule has 25 heavy (non-hydrogen) atoms. The van der Waals surface area contributed by atoms with Crippen molar-refractivity contribution in [3.8, 4) is 0 Å². The van der Waals surface area contributed by atoms with E-state index in [0.717, 1.165) is 4.90 Å². The molecule has 2 aliphatic heterocycles. The van der Waals surface area contributed by atoms with Gasteiger partial charge < -0.3 is 15.2 Å². The summed E-state index contributed by atoms with van der Waals surface area (Å²) in [5, 5.41) is 12.6. The molecule has 0 bridgehead atoms. The lowest BCUT2D eigenvalue weighted by molar-refractivity contribution is -0.147. The monoisotopic (exact) mass is 347 g/mol. The number of nitrogens with zero attached hydrogens (tertiary/aromatic N) is 2. The van der Waals surface area contributed by atoms with Crippen molar-refractivity contribution in [2.24, 2.45) is 0 Å². The van der Waals surface area contributed by atoms with Gasteiger partial charge in [0.05, 0.1) is 19.9 Å². The number of imide groups is 1. The third-order valence-electron chi connectivity index (χ3n) is 4.80. The van der Waals surface area contributed by atoms with Crippen molar-refractivity contribution >= 4 is 17.9 Å². The number of hydrogen-bond acceptors (Lipinski definition) is 6. The lowest BCUT2D eigenvalue weighted by atomic mass is 9.92. The van der Waals surface area contributed by atoms with E-state index >= 15 is 0 Å². The number of benzene rings is 1. The predicted octanol–water partition coefficient (Wildman–Crippen LogP) is 0.0193. The van der Waals surface area contributed by atoms with Crippen LogP contribution in [0.2, 0.25) is 0 Å². The minimum Gasteiger partial charge on any atom is -0.468 e. The molecule has 0 aliphatic carbocycles. The van der Waals surface area contributed by atoms with Gasteiger partial charge in [0, 0.05) is 13.0 Å². The molecular formula is C17H21N3O5. The Morgan fingerprint density at radius 2 is 2.04 bits per heavy atom. The van der Waals surface area contributed by atoms with Crippen molar-refractivity contribution in [1.29, 1.82) is 0 Å². The van der Waals surface area contributed by atoms with Crippen LogP contribution in [0.25, 0.3) is 0 Å². The zero-order valence-corrected chi connectivity index (χ0v) is 14.1. The molecule has 1 aromatic carbocycles. The Kier molecular flexibility index (Phi) is 4.49. The SMILES string of the molecule is COC(=O)[C@@H]1C[C@@H](O)CN1CN1C(=O)N[C@](C)(c2ccccc2)C1=O. The first-order chi connectivity index (χ1) is 11.9. The number of carbonyl (C=O) groups is 3. The summed E-state index contributed by atoms with van der Waals surface area (Å²) in [7, 11) is 1.27. The van der Waals surface area contributed by atoms with Gasteiger partial charge in [-0.15, -0.1) is 0 Å². The van der Waals surface area contributed by atoms with Gasteiger partial charge in [0.2, 0.25) is 0 Å². The van der Waals surface area contributed by atoms with Gasteiger partial charge in [-0.3, -0.25) is 14.5 Å². The first-order valence-electron chi connectivity index (χ1n) is 8.06. The van der Waals surface area contributed by atoms with Gasteiger partial charge in [-0.25, -0.2) is 9.69 Å². The minimum absolute atomic E-state index is 0.0794. The maximum Gasteiger partial charge on any atom is 0.326 e. The maximum absolute atomic E-state index is 12.9. The second-order valence-electron chi connectivity index (χ2n) is 6.50. The molecule has 1 aromatic rings. The van der Waals surface area contributed by atoms with E-state index in [-0.39, 0.29) is 19.6 Å². The Morgan fingerprint density at radius 1 is 1.36 bits per heavy atom. The molecule has 2 aliphatic rings. The lowest BCUT2D eigenvalue weighted by Crippen LogP contribution is -2.47. The number of rotatable bonds is 4. The van der Waals surface area contributed by atoms with Crippen LogP contribution in [0, 0.1) is 0 Å². The van der Waals surface area contributed by atoms with Crippen LogP contribution in [0.15, 0.2) is 30.3 Å². The van der Waals surface area contributed by atoms with Crippen molar-refractivity contribution in [2.75, 3.05) is 20.3 Å². The van der Waals surface area contributed by atoms with Crippen LogP contribution in [0.1, 0.15) is 18.9 Å². The number of hydrogen-bond donors (Lipinski definition) is 2.